The number of hydrogen-bond acceptors (Lipinski definition) is 2. The molecule has 3 aliphatic carbocycles. The number of halogens is 3. The van der Waals surface area contributed by atoms with Crippen molar-refractivity contribution in [1.82, 2.24) is 5.32 Å². The van der Waals surface area contributed by atoms with E-state index in [-0.39, 0.29) is 48.1 Å². The van der Waals surface area contributed by atoms with Crippen molar-refractivity contribution in [2.24, 2.45) is 23.5 Å². The summed E-state index contributed by atoms with van der Waals surface area (Å²) in [4.78, 5) is 12.7. The van der Waals surface area contributed by atoms with E-state index in [0.29, 0.717) is 28.8 Å². The van der Waals surface area contributed by atoms with E-state index in [1.807, 2.05) is 0 Å². The largest absolute Gasteiger partial charge is 0.353 e. The number of carbonyl (C=O) groups is 1. The molecule has 0 spiro atoms. The first-order valence-electron chi connectivity index (χ1n) is 9.04. The zero-order valence-corrected chi connectivity index (χ0v) is 15.7. The molecule has 2 bridgehead atoms. The van der Waals surface area contributed by atoms with Gasteiger partial charge in [-0.05, 0) is 56.1 Å². The van der Waals surface area contributed by atoms with Crippen LogP contribution < -0.4 is 11.1 Å². The lowest BCUT2D eigenvalue weighted by Gasteiger charge is -2.45. The molecule has 3 nitrogen and oxygen atoms in total. The van der Waals surface area contributed by atoms with Crippen molar-refractivity contribution in [3.05, 3.63) is 34.6 Å². The van der Waals surface area contributed by atoms with Gasteiger partial charge in [0.2, 0.25) is 5.91 Å². The molecule has 4 unspecified atom stereocenters. The summed E-state index contributed by atoms with van der Waals surface area (Å²) in [5, 5.41) is 3.71. The van der Waals surface area contributed by atoms with Gasteiger partial charge in [-0.2, -0.15) is 0 Å². The van der Waals surface area contributed by atoms with Crippen molar-refractivity contribution < 1.29 is 9.18 Å². The summed E-state index contributed by atoms with van der Waals surface area (Å²) in [6.07, 6.45) is 6.26. The molecule has 3 fully saturated rings. The molecule has 0 heterocycles. The Bertz CT molecular complexity index is 622. The van der Waals surface area contributed by atoms with Gasteiger partial charge in [-0.3, -0.25) is 4.79 Å². The first-order chi connectivity index (χ1) is 11.5. The third kappa shape index (κ3) is 3.67. The van der Waals surface area contributed by atoms with Crippen molar-refractivity contribution in [3.63, 3.8) is 0 Å². The molecular formula is C19H25Cl2FN2O. The van der Waals surface area contributed by atoms with Gasteiger partial charge < -0.3 is 11.1 Å². The second-order valence-electron chi connectivity index (χ2n) is 7.80. The first-order valence-corrected chi connectivity index (χ1v) is 9.42. The highest BCUT2D eigenvalue weighted by Crippen LogP contribution is 2.51. The number of nitrogens with one attached hydrogen (secondary N) is 1. The van der Waals surface area contributed by atoms with Crippen LogP contribution in [0.5, 0.6) is 0 Å². The summed E-state index contributed by atoms with van der Waals surface area (Å²) in [7, 11) is 0. The molecule has 138 valence electrons. The highest BCUT2D eigenvalue weighted by Gasteiger charge is 2.48. The van der Waals surface area contributed by atoms with E-state index in [0.717, 1.165) is 25.7 Å². The fraction of sp³-hybridized carbons (Fsp3) is 0.632. The molecule has 3 saturated carbocycles. The summed E-state index contributed by atoms with van der Waals surface area (Å²) < 4.78 is 14.0. The summed E-state index contributed by atoms with van der Waals surface area (Å²) in [5.74, 6) is 0.552. The van der Waals surface area contributed by atoms with Crippen molar-refractivity contribution in [2.75, 3.05) is 0 Å². The Hall–Kier alpha value is -0.840. The van der Waals surface area contributed by atoms with E-state index >= 15 is 0 Å². The summed E-state index contributed by atoms with van der Waals surface area (Å²) >= 11 is 6.13. The van der Waals surface area contributed by atoms with Crippen molar-refractivity contribution in [3.8, 4) is 0 Å². The zero-order valence-electron chi connectivity index (χ0n) is 14.1. The van der Waals surface area contributed by atoms with E-state index in [2.05, 4.69) is 5.32 Å². The average molecular weight is 387 g/mol. The number of benzene rings is 1. The van der Waals surface area contributed by atoms with Gasteiger partial charge in [0.25, 0.3) is 0 Å². The van der Waals surface area contributed by atoms with Crippen LogP contribution in [-0.2, 0) is 4.79 Å². The second kappa shape index (κ2) is 7.42. The lowest BCUT2D eigenvalue weighted by atomic mass is 9.67. The van der Waals surface area contributed by atoms with Crippen LogP contribution in [0, 0.1) is 23.6 Å². The van der Waals surface area contributed by atoms with Gasteiger partial charge in [-0.1, -0.05) is 24.1 Å². The summed E-state index contributed by atoms with van der Waals surface area (Å²) in [6, 6.07) is 5.25. The number of hydrogen-bond donors (Lipinski definition) is 2. The van der Waals surface area contributed by atoms with Gasteiger partial charge in [0.05, 0.1) is 0 Å². The molecular weight excluding hydrogens is 362 g/mol. The summed E-state index contributed by atoms with van der Waals surface area (Å²) in [5.41, 5.74) is 6.66. The molecule has 0 aromatic heterocycles. The molecule has 25 heavy (non-hydrogen) atoms. The predicted octanol–water partition coefficient (Wildman–Crippen LogP) is 4.03. The minimum Gasteiger partial charge on any atom is -0.353 e. The maximum absolute atomic E-state index is 14.0. The lowest BCUT2D eigenvalue weighted by molar-refractivity contribution is -0.124. The van der Waals surface area contributed by atoms with Gasteiger partial charge in [0.1, 0.15) is 5.82 Å². The molecule has 4 rings (SSSR count). The molecule has 4 atom stereocenters. The van der Waals surface area contributed by atoms with Gasteiger partial charge in [0.15, 0.2) is 0 Å². The molecule has 3 aliphatic rings. The van der Waals surface area contributed by atoms with Crippen LogP contribution in [0.4, 0.5) is 4.39 Å². The topological polar surface area (TPSA) is 55.1 Å². The SMILES string of the molecule is Cl.NC1CC2CCCC(C1)C2NC(=O)C1CC1c1c(F)cccc1Cl. The summed E-state index contributed by atoms with van der Waals surface area (Å²) in [6.45, 7) is 0. The van der Waals surface area contributed by atoms with E-state index in [9.17, 15) is 9.18 Å². The second-order valence-corrected chi connectivity index (χ2v) is 8.21. The van der Waals surface area contributed by atoms with Crippen LogP contribution in [0.25, 0.3) is 0 Å². The normalized spacial score (nSPS) is 36.3. The van der Waals surface area contributed by atoms with Gasteiger partial charge >= 0.3 is 0 Å². The molecule has 0 aliphatic heterocycles. The Morgan fingerprint density at radius 1 is 1.20 bits per heavy atom. The number of nitrogens with two attached hydrogens (primary N) is 1. The highest BCUT2D eigenvalue weighted by molar-refractivity contribution is 6.31. The quantitative estimate of drug-likeness (QED) is 0.823. The maximum atomic E-state index is 14.0. The number of carbonyl (C=O) groups excluding carboxylic acids is 1. The monoisotopic (exact) mass is 386 g/mol. The molecule has 1 aromatic carbocycles. The standard InChI is InChI=1S/C19H24ClFN2O.ClH/c20-15-5-2-6-16(21)17(15)13-9-14(13)19(24)23-18-10-3-1-4-11(18)8-12(22)7-10;/h2,5-6,10-14,18H,1,3-4,7-9,22H2,(H,23,24);1H. The lowest BCUT2D eigenvalue weighted by Crippen LogP contribution is -2.54. The third-order valence-corrected chi connectivity index (χ3v) is 6.51. The molecule has 6 heteroatoms. The minimum atomic E-state index is -0.302. The number of amides is 1. The Labute approximate surface area is 159 Å². The Morgan fingerprint density at radius 3 is 2.52 bits per heavy atom. The number of rotatable bonds is 3. The van der Waals surface area contributed by atoms with Crippen LogP contribution in [0.2, 0.25) is 5.02 Å². The van der Waals surface area contributed by atoms with Crippen LogP contribution in [0.15, 0.2) is 18.2 Å². The van der Waals surface area contributed by atoms with Crippen molar-refractivity contribution >= 4 is 29.9 Å². The van der Waals surface area contributed by atoms with Crippen molar-refractivity contribution in [2.45, 2.75) is 56.5 Å². The first kappa shape index (κ1) is 18.9. The average Bonchev–Trinajstić information content (AvgIpc) is 3.28. The van der Waals surface area contributed by atoms with E-state index in [4.69, 9.17) is 17.3 Å². The molecule has 1 aromatic rings. The van der Waals surface area contributed by atoms with Crippen LogP contribution in [0.3, 0.4) is 0 Å². The zero-order chi connectivity index (χ0) is 16.8. The van der Waals surface area contributed by atoms with Gasteiger partial charge in [-0.25, -0.2) is 4.39 Å². The molecule has 0 radical (unpaired) electrons. The van der Waals surface area contributed by atoms with Gasteiger partial charge in [-0.15, -0.1) is 12.4 Å². The molecule has 3 N–H and O–H groups in total. The third-order valence-electron chi connectivity index (χ3n) is 6.18. The maximum Gasteiger partial charge on any atom is 0.223 e. The fourth-order valence-electron chi connectivity index (χ4n) is 4.96. The predicted molar refractivity (Wildman–Crippen MR) is 99.5 cm³/mol. The van der Waals surface area contributed by atoms with E-state index < -0.39 is 0 Å². The number of fused-ring (bicyclic) bond motifs is 2. The fourth-order valence-corrected chi connectivity index (χ4v) is 5.27. The van der Waals surface area contributed by atoms with Crippen molar-refractivity contribution in [1.29, 1.82) is 0 Å². The molecule has 1 amide bonds. The Kier molecular flexibility index (Phi) is 5.62. The smallest absolute Gasteiger partial charge is 0.223 e. The van der Waals surface area contributed by atoms with Crippen LogP contribution in [-0.4, -0.2) is 18.0 Å². The van der Waals surface area contributed by atoms with Gasteiger partial charge in [0, 0.05) is 34.5 Å². The minimum absolute atomic E-state index is 0. The van der Waals surface area contributed by atoms with E-state index in [1.54, 1.807) is 12.1 Å². The Balaban J connectivity index is 0.00000182. The molecule has 0 saturated heterocycles. The highest BCUT2D eigenvalue weighted by atomic mass is 35.5. The van der Waals surface area contributed by atoms with Crippen LogP contribution in [0.1, 0.15) is 50.0 Å². The van der Waals surface area contributed by atoms with E-state index in [1.165, 1.54) is 12.5 Å². The Morgan fingerprint density at radius 2 is 1.88 bits per heavy atom. The van der Waals surface area contributed by atoms with Crippen LogP contribution >= 0.6 is 24.0 Å².